The molecule has 1 N–H and O–H groups in total. The molecule has 0 amide bonds. The number of anilines is 1. The summed E-state index contributed by atoms with van der Waals surface area (Å²) >= 11 is 6.08. The van der Waals surface area contributed by atoms with E-state index in [9.17, 15) is 4.79 Å². The Balaban J connectivity index is 2.18. The van der Waals surface area contributed by atoms with Crippen LogP contribution in [-0.4, -0.2) is 30.6 Å². The Hall–Kier alpha value is -1.06. The third-order valence-electron chi connectivity index (χ3n) is 3.24. The standard InChI is InChI=1S/C13H16ClNO2/c1-9(17)12-3-2-11(6-13(12)14)15-5-4-10(7-15)8-16/h2-3,6,10,16H,4-5,7-8H2,1H3. The van der Waals surface area contributed by atoms with Gasteiger partial charge in [0, 0.05) is 36.9 Å². The molecule has 0 aromatic heterocycles. The quantitative estimate of drug-likeness (QED) is 0.841. The van der Waals surface area contributed by atoms with Crippen LogP contribution in [0.25, 0.3) is 0 Å². The third kappa shape index (κ3) is 2.61. The molecule has 1 unspecified atom stereocenters. The largest absolute Gasteiger partial charge is 0.396 e. The zero-order chi connectivity index (χ0) is 12.4. The van der Waals surface area contributed by atoms with Crippen LogP contribution in [0.4, 0.5) is 5.69 Å². The van der Waals surface area contributed by atoms with E-state index in [-0.39, 0.29) is 12.4 Å². The van der Waals surface area contributed by atoms with Crippen molar-refractivity contribution in [2.24, 2.45) is 5.92 Å². The van der Waals surface area contributed by atoms with Gasteiger partial charge in [0.05, 0.1) is 5.02 Å². The molecule has 1 fully saturated rings. The Morgan fingerprint density at radius 3 is 2.88 bits per heavy atom. The van der Waals surface area contributed by atoms with E-state index in [2.05, 4.69) is 4.90 Å². The van der Waals surface area contributed by atoms with Gasteiger partial charge in [0.2, 0.25) is 0 Å². The van der Waals surface area contributed by atoms with Gasteiger partial charge in [0.1, 0.15) is 0 Å². The van der Waals surface area contributed by atoms with Gasteiger partial charge in [-0.1, -0.05) is 11.6 Å². The van der Waals surface area contributed by atoms with Crippen molar-refractivity contribution in [1.29, 1.82) is 0 Å². The highest BCUT2D eigenvalue weighted by atomic mass is 35.5. The lowest BCUT2D eigenvalue weighted by molar-refractivity contribution is 0.101. The van der Waals surface area contributed by atoms with Gasteiger partial charge in [-0.05, 0) is 31.5 Å². The van der Waals surface area contributed by atoms with Gasteiger partial charge in [-0.25, -0.2) is 0 Å². The van der Waals surface area contributed by atoms with Crippen molar-refractivity contribution in [1.82, 2.24) is 0 Å². The number of halogens is 1. The molecule has 1 aromatic carbocycles. The van der Waals surface area contributed by atoms with Crippen molar-refractivity contribution in [3.8, 4) is 0 Å². The Kier molecular flexibility index (Phi) is 3.69. The van der Waals surface area contributed by atoms with Crippen LogP contribution in [0.1, 0.15) is 23.7 Å². The van der Waals surface area contributed by atoms with Gasteiger partial charge in [-0.3, -0.25) is 4.79 Å². The molecule has 92 valence electrons. The number of nitrogens with zero attached hydrogens (tertiary/aromatic N) is 1. The first-order valence-corrected chi connectivity index (χ1v) is 6.16. The summed E-state index contributed by atoms with van der Waals surface area (Å²) < 4.78 is 0. The number of rotatable bonds is 3. The summed E-state index contributed by atoms with van der Waals surface area (Å²) in [6.07, 6.45) is 1.00. The second kappa shape index (κ2) is 5.07. The van der Waals surface area contributed by atoms with E-state index < -0.39 is 0 Å². The second-order valence-corrected chi connectivity index (χ2v) is 4.91. The van der Waals surface area contributed by atoms with Gasteiger partial charge in [0.25, 0.3) is 0 Å². The third-order valence-corrected chi connectivity index (χ3v) is 3.55. The molecule has 1 aromatic rings. The zero-order valence-corrected chi connectivity index (χ0v) is 10.6. The average molecular weight is 254 g/mol. The van der Waals surface area contributed by atoms with Crippen molar-refractivity contribution < 1.29 is 9.90 Å². The number of carbonyl (C=O) groups excluding carboxylic acids is 1. The summed E-state index contributed by atoms with van der Waals surface area (Å²) in [7, 11) is 0. The Morgan fingerprint density at radius 2 is 2.35 bits per heavy atom. The lowest BCUT2D eigenvalue weighted by Crippen LogP contribution is -2.20. The molecule has 0 radical (unpaired) electrons. The second-order valence-electron chi connectivity index (χ2n) is 4.50. The highest BCUT2D eigenvalue weighted by Crippen LogP contribution is 2.28. The van der Waals surface area contributed by atoms with Crippen LogP contribution in [0.2, 0.25) is 5.02 Å². The number of aliphatic hydroxyl groups is 1. The van der Waals surface area contributed by atoms with Crippen molar-refractivity contribution in [2.75, 3.05) is 24.6 Å². The molecule has 1 aliphatic rings. The fraction of sp³-hybridized carbons (Fsp3) is 0.462. The smallest absolute Gasteiger partial charge is 0.161 e. The first-order chi connectivity index (χ1) is 8.11. The first kappa shape index (κ1) is 12.4. The van der Waals surface area contributed by atoms with Crippen LogP contribution < -0.4 is 4.90 Å². The summed E-state index contributed by atoms with van der Waals surface area (Å²) in [5.74, 6) is 0.331. The molecule has 4 heteroatoms. The number of ketones is 1. The van der Waals surface area contributed by atoms with Crippen molar-refractivity contribution in [2.45, 2.75) is 13.3 Å². The summed E-state index contributed by atoms with van der Waals surface area (Å²) in [4.78, 5) is 13.5. The van der Waals surface area contributed by atoms with Crippen LogP contribution >= 0.6 is 11.6 Å². The van der Waals surface area contributed by atoms with E-state index in [0.29, 0.717) is 16.5 Å². The van der Waals surface area contributed by atoms with Gasteiger partial charge in [-0.15, -0.1) is 0 Å². The number of benzene rings is 1. The lowest BCUT2D eigenvalue weighted by atomic mass is 10.1. The highest BCUT2D eigenvalue weighted by Gasteiger charge is 2.22. The van der Waals surface area contributed by atoms with Crippen LogP contribution in [-0.2, 0) is 0 Å². The van der Waals surface area contributed by atoms with Crippen LogP contribution in [0, 0.1) is 5.92 Å². The summed E-state index contributed by atoms with van der Waals surface area (Å²) in [6, 6.07) is 5.52. The van der Waals surface area contributed by atoms with E-state index in [1.54, 1.807) is 6.07 Å². The van der Waals surface area contributed by atoms with Crippen molar-refractivity contribution >= 4 is 23.1 Å². The first-order valence-electron chi connectivity index (χ1n) is 5.78. The SMILES string of the molecule is CC(=O)c1ccc(N2CCC(CO)C2)cc1Cl. The normalized spacial score (nSPS) is 19.7. The highest BCUT2D eigenvalue weighted by molar-refractivity contribution is 6.34. The summed E-state index contributed by atoms with van der Waals surface area (Å²) in [6.45, 7) is 3.53. The molecule has 3 nitrogen and oxygen atoms in total. The van der Waals surface area contributed by atoms with Gasteiger partial charge in [0.15, 0.2) is 5.78 Å². The van der Waals surface area contributed by atoms with Gasteiger partial charge < -0.3 is 10.0 Å². The maximum absolute atomic E-state index is 11.3. The Morgan fingerprint density at radius 1 is 1.59 bits per heavy atom. The molecule has 0 bridgehead atoms. The van der Waals surface area contributed by atoms with Crippen molar-refractivity contribution in [3.63, 3.8) is 0 Å². The fourth-order valence-corrected chi connectivity index (χ4v) is 2.51. The topological polar surface area (TPSA) is 40.5 Å². The molecular formula is C13H16ClNO2. The molecule has 0 spiro atoms. The predicted molar refractivity (Wildman–Crippen MR) is 68.9 cm³/mol. The minimum Gasteiger partial charge on any atom is -0.396 e. The molecule has 1 saturated heterocycles. The Bertz CT molecular complexity index is 433. The molecule has 2 rings (SSSR count). The van der Waals surface area contributed by atoms with Gasteiger partial charge >= 0.3 is 0 Å². The number of aliphatic hydroxyl groups excluding tert-OH is 1. The van der Waals surface area contributed by atoms with E-state index >= 15 is 0 Å². The van der Waals surface area contributed by atoms with Crippen LogP contribution in [0.5, 0.6) is 0 Å². The molecule has 1 heterocycles. The predicted octanol–water partition coefficient (Wildman–Crippen LogP) is 2.36. The number of Topliss-reactive ketones (excluding diaryl/α,β-unsaturated/α-hetero) is 1. The van der Waals surface area contributed by atoms with E-state index in [1.807, 2.05) is 12.1 Å². The maximum Gasteiger partial charge on any atom is 0.161 e. The van der Waals surface area contributed by atoms with Crippen LogP contribution in [0.3, 0.4) is 0 Å². The minimum atomic E-state index is -0.0174. The molecule has 17 heavy (non-hydrogen) atoms. The number of hydrogen-bond acceptors (Lipinski definition) is 3. The van der Waals surface area contributed by atoms with E-state index in [1.165, 1.54) is 6.92 Å². The van der Waals surface area contributed by atoms with Crippen LogP contribution in [0.15, 0.2) is 18.2 Å². The minimum absolute atomic E-state index is 0.0174. The van der Waals surface area contributed by atoms with E-state index in [4.69, 9.17) is 16.7 Å². The summed E-state index contributed by atoms with van der Waals surface area (Å²) in [5.41, 5.74) is 1.59. The molecule has 1 aliphatic heterocycles. The molecule has 0 aliphatic carbocycles. The monoisotopic (exact) mass is 253 g/mol. The molecule has 0 saturated carbocycles. The van der Waals surface area contributed by atoms with Crippen molar-refractivity contribution in [3.05, 3.63) is 28.8 Å². The lowest BCUT2D eigenvalue weighted by Gasteiger charge is -2.19. The molecular weight excluding hydrogens is 238 g/mol. The van der Waals surface area contributed by atoms with E-state index in [0.717, 1.165) is 25.2 Å². The zero-order valence-electron chi connectivity index (χ0n) is 9.82. The fourth-order valence-electron chi connectivity index (χ4n) is 2.20. The number of hydrogen-bond donors (Lipinski definition) is 1. The van der Waals surface area contributed by atoms with Gasteiger partial charge in [-0.2, -0.15) is 0 Å². The summed E-state index contributed by atoms with van der Waals surface area (Å²) in [5, 5.41) is 9.61. The number of carbonyl (C=O) groups is 1. The average Bonchev–Trinajstić information content (AvgIpc) is 2.76. The maximum atomic E-state index is 11.3. The molecule has 1 atom stereocenters. The Labute approximate surface area is 106 Å².